The van der Waals surface area contributed by atoms with E-state index in [9.17, 15) is 19.2 Å². The molecule has 10 nitrogen and oxygen atoms in total. The van der Waals surface area contributed by atoms with Crippen molar-refractivity contribution >= 4 is 23.7 Å². The Balaban J connectivity index is 3.28. The second kappa shape index (κ2) is 15.5. The van der Waals surface area contributed by atoms with Crippen LogP contribution in [0.4, 0.5) is 0 Å². The van der Waals surface area contributed by atoms with E-state index < -0.39 is 17.7 Å². The first kappa shape index (κ1) is 23.0. The monoisotopic (exact) mass is 364 g/mol. The average molecular weight is 364 g/mol. The van der Waals surface area contributed by atoms with Crippen LogP contribution in [0.1, 0.15) is 19.3 Å². The maximum absolute atomic E-state index is 11.2. The Labute approximate surface area is 145 Å². The molecule has 0 rings (SSSR count). The predicted octanol–water partition coefficient (Wildman–Crippen LogP) is -0.424. The van der Waals surface area contributed by atoms with E-state index >= 15 is 0 Å². The highest BCUT2D eigenvalue weighted by molar-refractivity contribution is 6.32. The van der Waals surface area contributed by atoms with Gasteiger partial charge in [-0.3, -0.25) is 14.4 Å². The summed E-state index contributed by atoms with van der Waals surface area (Å²) in [6.07, 6.45) is -0.461. The van der Waals surface area contributed by atoms with Crippen LogP contribution in [0.3, 0.4) is 0 Å². The van der Waals surface area contributed by atoms with Gasteiger partial charge in [-0.1, -0.05) is 0 Å². The molecule has 0 amide bonds. The molecule has 0 aromatic heterocycles. The molecular weight excluding hydrogens is 340 g/mol. The van der Waals surface area contributed by atoms with Crippen LogP contribution in [0.25, 0.3) is 0 Å². The molecule has 0 aliphatic heterocycles. The van der Waals surface area contributed by atoms with Crippen LogP contribution in [0.15, 0.2) is 0 Å². The van der Waals surface area contributed by atoms with Crippen molar-refractivity contribution in [2.75, 3.05) is 53.4 Å². The van der Waals surface area contributed by atoms with Crippen LogP contribution in [-0.2, 0) is 42.9 Å². The quantitative estimate of drug-likeness (QED) is 0.218. The smallest absolute Gasteiger partial charge is 0.372 e. The van der Waals surface area contributed by atoms with E-state index in [1.54, 1.807) is 0 Å². The van der Waals surface area contributed by atoms with E-state index in [1.807, 2.05) is 0 Å². The zero-order chi connectivity index (χ0) is 18.9. The van der Waals surface area contributed by atoms with E-state index in [1.165, 1.54) is 7.11 Å². The van der Waals surface area contributed by atoms with Crippen LogP contribution in [0.5, 0.6) is 0 Å². The van der Waals surface area contributed by atoms with E-state index in [4.69, 9.17) is 24.1 Å². The summed E-state index contributed by atoms with van der Waals surface area (Å²) in [6.45, 7) is 1.80. The topological polar surface area (TPSA) is 135 Å². The van der Waals surface area contributed by atoms with E-state index in [-0.39, 0.29) is 45.1 Å². The molecule has 0 saturated heterocycles. The van der Waals surface area contributed by atoms with Gasteiger partial charge in [0.15, 0.2) is 0 Å². The zero-order valence-corrected chi connectivity index (χ0v) is 14.2. The minimum absolute atomic E-state index is 0.0106. The number of ether oxygens (including phenoxy) is 5. The molecule has 25 heavy (non-hydrogen) atoms. The third-order valence-electron chi connectivity index (χ3n) is 2.71. The van der Waals surface area contributed by atoms with Crippen molar-refractivity contribution in [2.45, 2.75) is 19.3 Å². The number of esters is 2. The molecule has 10 heteroatoms. The summed E-state index contributed by atoms with van der Waals surface area (Å²) in [5.41, 5.74) is 0. The molecule has 0 aromatic rings. The summed E-state index contributed by atoms with van der Waals surface area (Å²) >= 11 is 0. The number of carboxylic acids is 1. The molecule has 0 atom stereocenters. The SMILES string of the molecule is COC(=O)CCOCCOCCOCCOC(=O)CCC(=O)C(=O)O. The maximum atomic E-state index is 11.2. The van der Waals surface area contributed by atoms with Gasteiger partial charge < -0.3 is 28.8 Å². The highest BCUT2D eigenvalue weighted by atomic mass is 16.6. The van der Waals surface area contributed by atoms with Gasteiger partial charge in [0, 0.05) is 6.42 Å². The zero-order valence-electron chi connectivity index (χ0n) is 14.2. The Hall–Kier alpha value is -2.04. The molecule has 0 heterocycles. The van der Waals surface area contributed by atoms with Gasteiger partial charge in [-0.25, -0.2) is 4.79 Å². The number of methoxy groups -OCH3 is 1. The fourth-order valence-electron chi connectivity index (χ4n) is 1.41. The molecule has 0 radical (unpaired) electrons. The van der Waals surface area contributed by atoms with Crippen molar-refractivity contribution in [1.29, 1.82) is 0 Å². The lowest BCUT2D eigenvalue weighted by Crippen LogP contribution is -2.17. The van der Waals surface area contributed by atoms with Crippen molar-refractivity contribution in [1.82, 2.24) is 0 Å². The Morgan fingerprint density at radius 3 is 1.72 bits per heavy atom. The van der Waals surface area contributed by atoms with Crippen molar-refractivity contribution in [3.05, 3.63) is 0 Å². The summed E-state index contributed by atoms with van der Waals surface area (Å²) in [5.74, 6) is -3.58. The van der Waals surface area contributed by atoms with Crippen molar-refractivity contribution in [3.63, 3.8) is 0 Å². The highest BCUT2D eigenvalue weighted by Gasteiger charge is 2.14. The predicted molar refractivity (Wildman–Crippen MR) is 81.9 cm³/mol. The van der Waals surface area contributed by atoms with E-state index in [2.05, 4.69) is 4.74 Å². The van der Waals surface area contributed by atoms with Crippen molar-refractivity contribution in [3.8, 4) is 0 Å². The molecule has 144 valence electrons. The van der Waals surface area contributed by atoms with Gasteiger partial charge in [0.1, 0.15) is 6.61 Å². The summed E-state index contributed by atoms with van der Waals surface area (Å²) in [6, 6.07) is 0. The molecule has 1 N–H and O–H groups in total. The fourth-order valence-corrected chi connectivity index (χ4v) is 1.41. The maximum Gasteiger partial charge on any atom is 0.372 e. The molecular formula is C15H24O10. The lowest BCUT2D eigenvalue weighted by Gasteiger charge is -2.07. The minimum atomic E-state index is -1.56. The number of aliphatic carboxylic acids is 1. The number of carboxylic acid groups (broad SMARTS) is 1. The lowest BCUT2D eigenvalue weighted by atomic mass is 10.2. The minimum Gasteiger partial charge on any atom is -0.476 e. The van der Waals surface area contributed by atoms with Gasteiger partial charge in [-0.2, -0.15) is 0 Å². The summed E-state index contributed by atoms with van der Waals surface area (Å²) in [5, 5.41) is 8.34. The number of carbonyl (C=O) groups is 4. The third-order valence-corrected chi connectivity index (χ3v) is 2.71. The first-order chi connectivity index (χ1) is 12.0. The standard InChI is InChI=1S/C15H24O10/c1-21-13(17)4-5-22-6-7-23-8-9-24-10-11-25-14(18)3-2-12(16)15(19)20/h2-11H2,1H3,(H,19,20). The van der Waals surface area contributed by atoms with Gasteiger partial charge >= 0.3 is 17.9 Å². The number of hydrogen-bond acceptors (Lipinski definition) is 9. The van der Waals surface area contributed by atoms with Gasteiger partial charge in [0.2, 0.25) is 5.78 Å². The molecule has 0 unspecified atom stereocenters. The van der Waals surface area contributed by atoms with Gasteiger partial charge in [0.05, 0.1) is 59.6 Å². The largest absolute Gasteiger partial charge is 0.476 e. The molecule has 0 spiro atoms. The Morgan fingerprint density at radius 2 is 1.20 bits per heavy atom. The summed E-state index contributed by atoms with van der Waals surface area (Å²) in [4.78, 5) is 43.0. The Morgan fingerprint density at radius 1 is 0.680 bits per heavy atom. The Kier molecular flexibility index (Phi) is 14.2. The lowest BCUT2D eigenvalue weighted by molar-refractivity contribution is -0.151. The van der Waals surface area contributed by atoms with Crippen LogP contribution in [0, 0.1) is 0 Å². The number of rotatable bonds is 16. The Bertz CT molecular complexity index is 421. The second-order valence-corrected chi connectivity index (χ2v) is 4.61. The van der Waals surface area contributed by atoms with E-state index in [0.29, 0.717) is 26.4 Å². The van der Waals surface area contributed by atoms with Crippen LogP contribution >= 0.6 is 0 Å². The van der Waals surface area contributed by atoms with Crippen molar-refractivity contribution < 1.29 is 48.0 Å². The second-order valence-electron chi connectivity index (χ2n) is 4.61. The number of Topliss-reactive ketones (excluding diaryl/α,β-unsaturated/α-hetero) is 1. The molecule has 0 aliphatic rings. The normalized spacial score (nSPS) is 10.3. The van der Waals surface area contributed by atoms with Gasteiger partial charge in [0.25, 0.3) is 0 Å². The number of ketones is 1. The number of carbonyl (C=O) groups excluding carboxylic acids is 3. The number of hydrogen-bond donors (Lipinski definition) is 1. The molecule has 0 aliphatic carbocycles. The fraction of sp³-hybridized carbons (Fsp3) is 0.733. The van der Waals surface area contributed by atoms with Gasteiger partial charge in [-0.05, 0) is 0 Å². The van der Waals surface area contributed by atoms with Gasteiger partial charge in [-0.15, -0.1) is 0 Å². The third kappa shape index (κ3) is 15.2. The average Bonchev–Trinajstić information content (AvgIpc) is 2.59. The highest BCUT2D eigenvalue weighted by Crippen LogP contribution is 1.95. The van der Waals surface area contributed by atoms with Crippen LogP contribution in [-0.4, -0.2) is 82.2 Å². The van der Waals surface area contributed by atoms with Crippen molar-refractivity contribution in [2.24, 2.45) is 0 Å². The molecule has 0 fully saturated rings. The summed E-state index contributed by atoms with van der Waals surface area (Å²) in [7, 11) is 1.31. The van der Waals surface area contributed by atoms with E-state index in [0.717, 1.165) is 0 Å². The van der Waals surface area contributed by atoms with Crippen LogP contribution < -0.4 is 0 Å². The molecule has 0 aromatic carbocycles. The molecule has 0 saturated carbocycles. The first-order valence-corrected chi connectivity index (χ1v) is 7.69. The van der Waals surface area contributed by atoms with Crippen LogP contribution in [0.2, 0.25) is 0 Å². The molecule has 0 bridgehead atoms. The first-order valence-electron chi connectivity index (χ1n) is 7.69. The summed E-state index contributed by atoms with van der Waals surface area (Å²) < 4.78 is 24.7.